The Morgan fingerprint density at radius 3 is 1.41 bits per heavy atom. The molecule has 1 aliphatic carbocycles. The third-order valence-corrected chi connectivity index (χ3v) is 4.86. The van der Waals surface area contributed by atoms with Gasteiger partial charge in [-0.05, 0) is 51.4 Å². The first kappa shape index (κ1) is 15.7. The fraction of sp³-hybridized carbons (Fsp3) is 0.875. The van der Waals surface area contributed by atoms with Crippen LogP contribution in [0.4, 0.5) is 0 Å². The summed E-state index contributed by atoms with van der Waals surface area (Å²) in [7, 11) is 0. The van der Waals surface area contributed by atoms with Gasteiger partial charge in [0.2, 0.25) is 11.8 Å². The van der Waals surface area contributed by atoms with Gasteiger partial charge in [-0.25, -0.2) is 0 Å². The van der Waals surface area contributed by atoms with Gasteiger partial charge in [-0.1, -0.05) is 0 Å². The summed E-state index contributed by atoms with van der Waals surface area (Å²) < 4.78 is 10.8. The van der Waals surface area contributed by atoms with E-state index in [1.54, 1.807) is 0 Å². The number of hydrogen-bond donors (Lipinski definition) is 2. The van der Waals surface area contributed by atoms with E-state index in [2.05, 4.69) is 10.6 Å². The molecule has 0 bridgehead atoms. The molecule has 2 atom stereocenters. The molecule has 0 aromatic rings. The molecule has 3 fully saturated rings. The van der Waals surface area contributed by atoms with Gasteiger partial charge in [-0.15, -0.1) is 0 Å². The van der Waals surface area contributed by atoms with Crippen molar-refractivity contribution >= 4 is 11.8 Å². The van der Waals surface area contributed by atoms with Gasteiger partial charge in [0.25, 0.3) is 0 Å². The fourth-order valence-electron chi connectivity index (χ4n) is 3.54. The van der Waals surface area contributed by atoms with Crippen molar-refractivity contribution in [1.82, 2.24) is 10.6 Å². The first-order valence-electron chi connectivity index (χ1n) is 8.56. The van der Waals surface area contributed by atoms with E-state index in [9.17, 15) is 9.59 Å². The SMILES string of the molecule is O=C(NC1CCC(NC(=O)[C@@H]2CCCO2)CC1)[C@@H]1CCCO1. The van der Waals surface area contributed by atoms with Crippen molar-refractivity contribution < 1.29 is 19.1 Å². The molecule has 0 aromatic heterocycles. The maximum absolute atomic E-state index is 12.0. The normalized spacial score (nSPS) is 35.3. The van der Waals surface area contributed by atoms with Crippen LogP contribution < -0.4 is 10.6 Å². The highest BCUT2D eigenvalue weighted by atomic mass is 16.5. The van der Waals surface area contributed by atoms with E-state index in [-0.39, 0.29) is 36.1 Å². The first-order chi connectivity index (χ1) is 10.7. The zero-order chi connectivity index (χ0) is 15.4. The molecule has 0 aromatic carbocycles. The lowest BCUT2D eigenvalue weighted by Gasteiger charge is -2.30. The van der Waals surface area contributed by atoms with Crippen LogP contribution in [0.1, 0.15) is 51.4 Å². The summed E-state index contributed by atoms with van der Waals surface area (Å²) in [5.74, 6) is 0.0636. The van der Waals surface area contributed by atoms with Crippen LogP contribution >= 0.6 is 0 Å². The van der Waals surface area contributed by atoms with E-state index in [1.807, 2.05) is 0 Å². The van der Waals surface area contributed by atoms with Crippen LogP contribution in [0.2, 0.25) is 0 Å². The summed E-state index contributed by atoms with van der Waals surface area (Å²) in [6.07, 6.45) is 6.75. The molecule has 2 aliphatic heterocycles. The molecule has 124 valence electrons. The predicted molar refractivity (Wildman–Crippen MR) is 80.3 cm³/mol. The van der Waals surface area contributed by atoms with Crippen molar-refractivity contribution in [3.8, 4) is 0 Å². The van der Waals surface area contributed by atoms with Gasteiger partial charge < -0.3 is 20.1 Å². The molecule has 0 radical (unpaired) electrons. The Balaban J connectivity index is 1.36. The van der Waals surface area contributed by atoms with Gasteiger partial charge in [-0.2, -0.15) is 0 Å². The highest BCUT2D eigenvalue weighted by molar-refractivity contribution is 5.81. The molecule has 2 amide bonds. The Morgan fingerprint density at radius 1 is 0.682 bits per heavy atom. The molecular weight excluding hydrogens is 284 g/mol. The van der Waals surface area contributed by atoms with Crippen LogP contribution in [0, 0.1) is 0 Å². The molecule has 3 rings (SSSR count). The van der Waals surface area contributed by atoms with E-state index < -0.39 is 0 Å². The van der Waals surface area contributed by atoms with Gasteiger partial charge in [0.05, 0.1) is 0 Å². The van der Waals surface area contributed by atoms with Crippen molar-refractivity contribution in [2.45, 2.75) is 75.7 Å². The lowest BCUT2D eigenvalue weighted by Crippen LogP contribution is -2.47. The number of nitrogens with one attached hydrogen (secondary N) is 2. The smallest absolute Gasteiger partial charge is 0.249 e. The monoisotopic (exact) mass is 310 g/mol. The summed E-state index contributed by atoms with van der Waals surface area (Å²) in [5.41, 5.74) is 0. The highest BCUT2D eigenvalue weighted by Gasteiger charge is 2.30. The van der Waals surface area contributed by atoms with Crippen LogP contribution in [-0.4, -0.2) is 49.3 Å². The van der Waals surface area contributed by atoms with Gasteiger partial charge >= 0.3 is 0 Å². The lowest BCUT2D eigenvalue weighted by atomic mass is 9.90. The van der Waals surface area contributed by atoms with Crippen molar-refractivity contribution in [1.29, 1.82) is 0 Å². The van der Waals surface area contributed by atoms with Gasteiger partial charge in [0.15, 0.2) is 0 Å². The largest absolute Gasteiger partial charge is 0.368 e. The number of rotatable bonds is 4. The quantitative estimate of drug-likeness (QED) is 0.808. The Hall–Kier alpha value is -1.14. The van der Waals surface area contributed by atoms with E-state index in [0.29, 0.717) is 13.2 Å². The zero-order valence-electron chi connectivity index (χ0n) is 13.0. The topological polar surface area (TPSA) is 76.7 Å². The molecule has 6 heteroatoms. The van der Waals surface area contributed by atoms with Gasteiger partial charge in [0, 0.05) is 25.3 Å². The summed E-state index contributed by atoms with van der Waals surface area (Å²) >= 11 is 0. The fourth-order valence-corrected chi connectivity index (χ4v) is 3.54. The van der Waals surface area contributed by atoms with Crippen LogP contribution in [0.3, 0.4) is 0 Å². The van der Waals surface area contributed by atoms with Crippen molar-refractivity contribution in [2.24, 2.45) is 0 Å². The van der Waals surface area contributed by atoms with E-state index in [1.165, 1.54) is 0 Å². The zero-order valence-corrected chi connectivity index (χ0v) is 13.0. The average Bonchev–Trinajstić information content (AvgIpc) is 3.23. The van der Waals surface area contributed by atoms with E-state index in [4.69, 9.17) is 9.47 Å². The number of carbonyl (C=O) groups is 2. The van der Waals surface area contributed by atoms with Crippen LogP contribution in [-0.2, 0) is 19.1 Å². The third-order valence-electron chi connectivity index (χ3n) is 4.86. The Labute approximate surface area is 131 Å². The maximum Gasteiger partial charge on any atom is 0.249 e. The molecule has 0 unspecified atom stereocenters. The first-order valence-corrected chi connectivity index (χ1v) is 8.56. The summed E-state index contributed by atoms with van der Waals surface area (Å²) in [6, 6.07) is 0.431. The molecule has 2 N–H and O–H groups in total. The summed E-state index contributed by atoms with van der Waals surface area (Å²) in [5, 5.41) is 6.18. The molecule has 2 heterocycles. The molecule has 0 spiro atoms. The molecular formula is C16H26N2O4. The standard InChI is InChI=1S/C16H26N2O4/c19-15(13-3-1-9-21-13)17-11-5-7-12(8-6-11)18-16(20)14-4-2-10-22-14/h11-14H,1-10H2,(H,17,19)(H,18,20)/t11?,12?,13-,14-/m0/s1. The Morgan fingerprint density at radius 2 is 1.09 bits per heavy atom. The number of hydrogen-bond acceptors (Lipinski definition) is 4. The van der Waals surface area contributed by atoms with Crippen LogP contribution in [0.25, 0.3) is 0 Å². The second-order valence-corrected chi connectivity index (χ2v) is 6.57. The number of amides is 2. The average molecular weight is 310 g/mol. The van der Waals surface area contributed by atoms with Crippen molar-refractivity contribution in [3.05, 3.63) is 0 Å². The number of ether oxygens (including phenoxy) is 2. The Kier molecular flexibility index (Phi) is 5.31. The van der Waals surface area contributed by atoms with E-state index >= 15 is 0 Å². The molecule has 1 saturated carbocycles. The van der Waals surface area contributed by atoms with Crippen LogP contribution in [0.5, 0.6) is 0 Å². The third kappa shape index (κ3) is 3.98. The maximum atomic E-state index is 12.0. The molecule has 3 aliphatic rings. The highest BCUT2D eigenvalue weighted by Crippen LogP contribution is 2.21. The molecule has 6 nitrogen and oxygen atoms in total. The summed E-state index contributed by atoms with van der Waals surface area (Å²) in [6.45, 7) is 1.39. The minimum atomic E-state index is -0.253. The second kappa shape index (κ2) is 7.42. The van der Waals surface area contributed by atoms with Crippen molar-refractivity contribution in [2.75, 3.05) is 13.2 Å². The Bertz CT molecular complexity index is 357. The minimum absolute atomic E-state index is 0.0318. The van der Waals surface area contributed by atoms with Gasteiger partial charge in [0.1, 0.15) is 12.2 Å². The molecule has 2 saturated heterocycles. The lowest BCUT2D eigenvalue weighted by molar-refractivity contribution is -0.132. The predicted octanol–water partition coefficient (Wildman–Crippen LogP) is 0.888. The van der Waals surface area contributed by atoms with Crippen LogP contribution in [0.15, 0.2) is 0 Å². The number of carbonyl (C=O) groups excluding carboxylic acids is 2. The summed E-state index contributed by atoms with van der Waals surface area (Å²) in [4.78, 5) is 24.0. The molecule has 22 heavy (non-hydrogen) atoms. The minimum Gasteiger partial charge on any atom is -0.368 e. The second-order valence-electron chi connectivity index (χ2n) is 6.57. The van der Waals surface area contributed by atoms with E-state index in [0.717, 1.165) is 51.4 Å². The van der Waals surface area contributed by atoms with Crippen molar-refractivity contribution in [3.63, 3.8) is 0 Å². The van der Waals surface area contributed by atoms with Gasteiger partial charge in [-0.3, -0.25) is 9.59 Å².